The smallest absolute Gasteiger partial charge is 0.220 e. The average molecular weight is 263 g/mol. The van der Waals surface area contributed by atoms with Crippen molar-refractivity contribution in [3.63, 3.8) is 0 Å². The third-order valence-electron chi connectivity index (χ3n) is 3.00. The summed E-state index contributed by atoms with van der Waals surface area (Å²) in [7, 11) is 0. The largest absolute Gasteiger partial charge is 0.361 e. The minimum atomic E-state index is -0.181. The van der Waals surface area contributed by atoms with Gasteiger partial charge in [-0.2, -0.15) is 5.10 Å². The van der Waals surface area contributed by atoms with Gasteiger partial charge in [0.15, 0.2) is 0 Å². The number of aromatic nitrogens is 4. The van der Waals surface area contributed by atoms with Gasteiger partial charge in [0.1, 0.15) is 17.9 Å². The Morgan fingerprint density at radius 3 is 2.89 bits per heavy atom. The molecule has 102 valence electrons. The van der Waals surface area contributed by atoms with Crippen LogP contribution in [0.3, 0.4) is 0 Å². The summed E-state index contributed by atoms with van der Waals surface area (Å²) in [6, 6.07) is -0.181. The molecule has 2 aromatic rings. The number of hydrogen-bond donors (Lipinski definition) is 2. The first-order chi connectivity index (χ1) is 9.08. The van der Waals surface area contributed by atoms with Crippen LogP contribution in [0, 0.1) is 13.8 Å². The van der Waals surface area contributed by atoms with Crippen LogP contribution in [0.1, 0.15) is 42.2 Å². The molecule has 0 radical (unpaired) electrons. The number of nitrogens with zero attached hydrogens (tertiary/aromatic N) is 3. The molecule has 0 aliphatic rings. The van der Waals surface area contributed by atoms with Gasteiger partial charge in [0.05, 0.1) is 11.7 Å². The van der Waals surface area contributed by atoms with Crippen LogP contribution in [0.4, 0.5) is 0 Å². The molecular weight excluding hydrogens is 246 g/mol. The fraction of sp³-hybridized carbons (Fsp3) is 0.500. The molecule has 0 aromatic carbocycles. The molecule has 2 heterocycles. The summed E-state index contributed by atoms with van der Waals surface area (Å²) in [4.78, 5) is 15.8. The molecular formula is C12H17N5O2. The van der Waals surface area contributed by atoms with Crippen LogP contribution < -0.4 is 5.32 Å². The number of nitrogens with one attached hydrogen (secondary N) is 2. The summed E-state index contributed by atoms with van der Waals surface area (Å²) in [5.74, 6) is 1.38. The summed E-state index contributed by atoms with van der Waals surface area (Å²) in [5.41, 5.74) is 1.84. The minimum Gasteiger partial charge on any atom is -0.361 e. The SMILES string of the molecule is Cc1noc(C)c1CCC(=O)NC(C)c1ncn[nH]1. The zero-order chi connectivity index (χ0) is 13.8. The number of hydrogen-bond acceptors (Lipinski definition) is 5. The quantitative estimate of drug-likeness (QED) is 0.845. The molecule has 0 bridgehead atoms. The van der Waals surface area contributed by atoms with E-state index in [1.807, 2.05) is 20.8 Å². The fourth-order valence-corrected chi connectivity index (χ4v) is 1.90. The van der Waals surface area contributed by atoms with E-state index in [4.69, 9.17) is 4.52 Å². The first kappa shape index (κ1) is 13.3. The lowest BCUT2D eigenvalue weighted by Gasteiger charge is -2.10. The molecule has 1 atom stereocenters. The number of carbonyl (C=O) groups excluding carboxylic acids is 1. The van der Waals surface area contributed by atoms with Gasteiger partial charge in [-0.3, -0.25) is 9.89 Å². The van der Waals surface area contributed by atoms with Gasteiger partial charge in [0.25, 0.3) is 0 Å². The van der Waals surface area contributed by atoms with E-state index in [2.05, 4.69) is 25.7 Å². The second-order valence-corrected chi connectivity index (χ2v) is 4.46. The van der Waals surface area contributed by atoms with Crippen LogP contribution in [0.15, 0.2) is 10.9 Å². The highest BCUT2D eigenvalue weighted by Crippen LogP contribution is 2.14. The lowest BCUT2D eigenvalue weighted by molar-refractivity contribution is -0.121. The maximum Gasteiger partial charge on any atom is 0.220 e. The molecule has 0 spiro atoms. The van der Waals surface area contributed by atoms with E-state index < -0.39 is 0 Å². The van der Waals surface area contributed by atoms with Crippen LogP contribution in [-0.2, 0) is 11.2 Å². The summed E-state index contributed by atoms with van der Waals surface area (Å²) < 4.78 is 5.06. The number of carbonyl (C=O) groups is 1. The van der Waals surface area contributed by atoms with E-state index in [0.717, 1.165) is 17.0 Å². The first-order valence-electron chi connectivity index (χ1n) is 6.14. The molecule has 0 aliphatic heterocycles. The van der Waals surface area contributed by atoms with E-state index in [-0.39, 0.29) is 11.9 Å². The number of rotatable bonds is 5. The standard InChI is InChI=1S/C12H17N5O2/c1-7-10(9(3)19-17-7)4-5-11(18)15-8(2)12-13-6-14-16-12/h6,8H,4-5H2,1-3H3,(H,15,18)(H,13,14,16). The molecule has 0 fully saturated rings. The lowest BCUT2D eigenvalue weighted by Crippen LogP contribution is -2.27. The number of aryl methyl sites for hydroxylation is 2. The Kier molecular flexibility index (Phi) is 3.94. The molecule has 0 saturated carbocycles. The van der Waals surface area contributed by atoms with Crippen molar-refractivity contribution >= 4 is 5.91 Å². The Morgan fingerprint density at radius 1 is 1.53 bits per heavy atom. The molecule has 0 saturated heterocycles. The van der Waals surface area contributed by atoms with Gasteiger partial charge in [0, 0.05) is 12.0 Å². The third-order valence-corrected chi connectivity index (χ3v) is 3.00. The lowest BCUT2D eigenvalue weighted by atomic mass is 10.1. The number of H-pyrrole nitrogens is 1. The van der Waals surface area contributed by atoms with Crippen molar-refractivity contribution in [1.82, 2.24) is 25.7 Å². The summed E-state index contributed by atoms with van der Waals surface area (Å²) in [5, 5.41) is 13.2. The minimum absolute atomic E-state index is 0.0381. The molecule has 7 heteroatoms. The van der Waals surface area contributed by atoms with Crippen molar-refractivity contribution in [1.29, 1.82) is 0 Å². The second kappa shape index (κ2) is 5.64. The van der Waals surface area contributed by atoms with Crippen LogP contribution in [0.5, 0.6) is 0 Å². The van der Waals surface area contributed by atoms with E-state index in [1.54, 1.807) is 0 Å². The van der Waals surface area contributed by atoms with Crippen molar-refractivity contribution in [2.45, 2.75) is 39.7 Å². The molecule has 1 amide bonds. The van der Waals surface area contributed by atoms with Gasteiger partial charge in [-0.05, 0) is 27.2 Å². The monoisotopic (exact) mass is 263 g/mol. The van der Waals surface area contributed by atoms with Crippen LogP contribution in [-0.4, -0.2) is 26.2 Å². The summed E-state index contributed by atoms with van der Waals surface area (Å²) in [6.07, 6.45) is 2.43. The van der Waals surface area contributed by atoms with Crippen molar-refractivity contribution in [2.75, 3.05) is 0 Å². The molecule has 0 aliphatic carbocycles. The van der Waals surface area contributed by atoms with Gasteiger partial charge in [-0.1, -0.05) is 5.16 Å². The van der Waals surface area contributed by atoms with Crippen LogP contribution in [0.2, 0.25) is 0 Å². The van der Waals surface area contributed by atoms with Crippen molar-refractivity contribution < 1.29 is 9.32 Å². The van der Waals surface area contributed by atoms with E-state index in [9.17, 15) is 4.79 Å². The van der Waals surface area contributed by atoms with E-state index >= 15 is 0 Å². The van der Waals surface area contributed by atoms with Gasteiger partial charge in [-0.25, -0.2) is 4.98 Å². The third kappa shape index (κ3) is 3.18. The Hall–Kier alpha value is -2.18. The van der Waals surface area contributed by atoms with E-state index in [0.29, 0.717) is 18.7 Å². The predicted octanol–water partition coefficient (Wildman–Crippen LogP) is 1.22. The Labute approximate surface area is 110 Å². The van der Waals surface area contributed by atoms with Gasteiger partial charge >= 0.3 is 0 Å². The molecule has 2 aromatic heterocycles. The zero-order valence-electron chi connectivity index (χ0n) is 11.2. The maximum atomic E-state index is 11.8. The van der Waals surface area contributed by atoms with Crippen molar-refractivity contribution in [3.05, 3.63) is 29.2 Å². The van der Waals surface area contributed by atoms with Crippen LogP contribution in [0.25, 0.3) is 0 Å². The van der Waals surface area contributed by atoms with Gasteiger partial charge in [0.2, 0.25) is 5.91 Å². The number of aromatic amines is 1. The van der Waals surface area contributed by atoms with E-state index in [1.165, 1.54) is 6.33 Å². The molecule has 2 N–H and O–H groups in total. The highest BCUT2D eigenvalue weighted by atomic mass is 16.5. The van der Waals surface area contributed by atoms with Crippen molar-refractivity contribution in [3.8, 4) is 0 Å². The zero-order valence-corrected chi connectivity index (χ0v) is 11.2. The maximum absolute atomic E-state index is 11.8. The predicted molar refractivity (Wildman–Crippen MR) is 67.2 cm³/mol. The second-order valence-electron chi connectivity index (χ2n) is 4.46. The summed E-state index contributed by atoms with van der Waals surface area (Å²) >= 11 is 0. The molecule has 19 heavy (non-hydrogen) atoms. The highest BCUT2D eigenvalue weighted by Gasteiger charge is 2.14. The topological polar surface area (TPSA) is 96.7 Å². The fourth-order valence-electron chi connectivity index (χ4n) is 1.90. The average Bonchev–Trinajstić information content (AvgIpc) is 2.98. The summed E-state index contributed by atoms with van der Waals surface area (Å²) in [6.45, 7) is 5.58. The highest BCUT2D eigenvalue weighted by molar-refractivity contribution is 5.76. The first-order valence-corrected chi connectivity index (χ1v) is 6.14. The normalized spacial score (nSPS) is 12.4. The molecule has 1 unspecified atom stereocenters. The van der Waals surface area contributed by atoms with Crippen molar-refractivity contribution in [2.24, 2.45) is 0 Å². The number of amides is 1. The van der Waals surface area contributed by atoms with Gasteiger partial charge in [-0.15, -0.1) is 0 Å². The van der Waals surface area contributed by atoms with Gasteiger partial charge < -0.3 is 9.84 Å². The Morgan fingerprint density at radius 2 is 2.32 bits per heavy atom. The molecule has 2 rings (SSSR count). The Balaban J connectivity index is 1.85. The molecule has 7 nitrogen and oxygen atoms in total. The Bertz CT molecular complexity index is 527. The van der Waals surface area contributed by atoms with Crippen LogP contribution >= 0.6 is 0 Å².